The van der Waals surface area contributed by atoms with Crippen molar-refractivity contribution in [3.63, 3.8) is 0 Å². The van der Waals surface area contributed by atoms with Gasteiger partial charge in [-0.05, 0) is 43.1 Å². The van der Waals surface area contributed by atoms with E-state index in [-0.39, 0.29) is 11.8 Å². The van der Waals surface area contributed by atoms with Crippen molar-refractivity contribution in [1.29, 1.82) is 0 Å². The fourth-order valence-corrected chi connectivity index (χ4v) is 3.90. The van der Waals surface area contributed by atoms with E-state index in [0.717, 1.165) is 56.1 Å². The second kappa shape index (κ2) is 12.4. The molecule has 2 aromatic carbocycles. The Hall–Kier alpha value is -2.70. The second-order valence-corrected chi connectivity index (χ2v) is 8.32. The minimum Gasteiger partial charge on any atom is -0.379 e. The van der Waals surface area contributed by atoms with Crippen LogP contribution in [0.5, 0.6) is 0 Å². The average molecular weight is 438 g/mol. The number of anilines is 1. The summed E-state index contributed by atoms with van der Waals surface area (Å²) in [5.74, 6) is 0.109. The third kappa shape index (κ3) is 7.46. The van der Waals surface area contributed by atoms with E-state index in [9.17, 15) is 9.59 Å². The van der Waals surface area contributed by atoms with Crippen LogP contribution in [0.1, 0.15) is 36.5 Å². The lowest BCUT2D eigenvalue weighted by molar-refractivity contribution is -0.120. The van der Waals surface area contributed by atoms with Gasteiger partial charge in [0, 0.05) is 31.7 Å². The van der Waals surface area contributed by atoms with Gasteiger partial charge in [0.25, 0.3) is 0 Å². The van der Waals surface area contributed by atoms with Gasteiger partial charge in [-0.15, -0.1) is 0 Å². The molecule has 1 N–H and O–H groups in total. The molecule has 32 heavy (non-hydrogen) atoms. The summed E-state index contributed by atoms with van der Waals surface area (Å²) < 4.78 is 5.35. The fourth-order valence-electron chi connectivity index (χ4n) is 3.90. The molecule has 0 bridgehead atoms. The standard InChI is InChI=1S/C26H35N3O3/c1-3-26(31)29(20-23-7-4-6-21(2)18-23)24-10-8-22(9-11-24)19-25(30)27-12-5-13-28-14-16-32-17-15-28/h4,6-11,18H,3,5,12-17,19-20H2,1-2H3,(H,27,30). The molecule has 1 fully saturated rings. The lowest BCUT2D eigenvalue weighted by Crippen LogP contribution is -2.38. The zero-order valence-corrected chi connectivity index (χ0v) is 19.3. The molecule has 1 saturated heterocycles. The predicted octanol–water partition coefficient (Wildman–Crippen LogP) is 3.32. The summed E-state index contributed by atoms with van der Waals surface area (Å²) in [5, 5.41) is 3.01. The number of rotatable bonds is 10. The van der Waals surface area contributed by atoms with E-state index in [4.69, 9.17) is 4.74 Å². The maximum absolute atomic E-state index is 12.6. The number of morpholine rings is 1. The largest absolute Gasteiger partial charge is 0.379 e. The van der Waals surface area contributed by atoms with Crippen molar-refractivity contribution in [3.05, 3.63) is 65.2 Å². The molecule has 3 rings (SSSR count). The summed E-state index contributed by atoms with van der Waals surface area (Å²) >= 11 is 0. The molecule has 0 spiro atoms. The Labute approximate surface area is 191 Å². The van der Waals surface area contributed by atoms with Crippen molar-refractivity contribution < 1.29 is 14.3 Å². The summed E-state index contributed by atoms with van der Waals surface area (Å²) in [6, 6.07) is 16.0. The molecule has 0 saturated carbocycles. The van der Waals surface area contributed by atoms with Gasteiger partial charge in [0.15, 0.2) is 0 Å². The highest BCUT2D eigenvalue weighted by molar-refractivity contribution is 5.93. The quantitative estimate of drug-likeness (QED) is 0.580. The highest BCUT2D eigenvalue weighted by Crippen LogP contribution is 2.20. The topological polar surface area (TPSA) is 61.9 Å². The van der Waals surface area contributed by atoms with Crippen LogP contribution in [0.25, 0.3) is 0 Å². The molecule has 6 heteroatoms. The zero-order valence-electron chi connectivity index (χ0n) is 19.3. The van der Waals surface area contributed by atoms with Gasteiger partial charge in [0.05, 0.1) is 26.2 Å². The lowest BCUT2D eigenvalue weighted by atomic mass is 10.1. The van der Waals surface area contributed by atoms with E-state index in [1.165, 1.54) is 5.56 Å². The van der Waals surface area contributed by atoms with Gasteiger partial charge >= 0.3 is 0 Å². The Morgan fingerprint density at radius 1 is 1.06 bits per heavy atom. The van der Waals surface area contributed by atoms with Crippen molar-refractivity contribution in [2.75, 3.05) is 44.3 Å². The summed E-state index contributed by atoms with van der Waals surface area (Å²) in [4.78, 5) is 29.1. The van der Waals surface area contributed by atoms with Crippen LogP contribution in [0.15, 0.2) is 48.5 Å². The van der Waals surface area contributed by atoms with Gasteiger partial charge in [-0.2, -0.15) is 0 Å². The van der Waals surface area contributed by atoms with Crippen LogP contribution < -0.4 is 10.2 Å². The monoisotopic (exact) mass is 437 g/mol. The molecular formula is C26H35N3O3. The Balaban J connectivity index is 1.50. The molecule has 0 atom stereocenters. The summed E-state index contributed by atoms with van der Waals surface area (Å²) in [5.41, 5.74) is 4.08. The maximum atomic E-state index is 12.6. The Morgan fingerprint density at radius 3 is 2.50 bits per heavy atom. The van der Waals surface area contributed by atoms with Crippen molar-refractivity contribution in [2.45, 2.75) is 39.7 Å². The molecule has 0 radical (unpaired) electrons. The first-order valence-corrected chi connectivity index (χ1v) is 11.6. The first-order valence-electron chi connectivity index (χ1n) is 11.6. The molecule has 1 aliphatic heterocycles. The number of aryl methyl sites for hydroxylation is 1. The number of hydrogen-bond acceptors (Lipinski definition) is 4. The maximum Gasteiger partial charge on any atom is 0.227 e. The van der Waals surface area contributed by atoms with E-state index in [0.29, 0.717) is 25.9 Å². The van der Waals surface area contributed by atoms with Crippen molar-refractivity contribution >= 4 is 17.5 Å². The third-order valence-electron chi connectivity index (χ3n) is 5.72. The van der Waals surface area contributed by atoms with Gasteiger partial charge in [0.2, 0.25) is 11.8 Å². The third-order valence-corrected chi connectivity index (χ3v) is 5.72. The minimum atomic E-state index is 0.0287. The second-order valence-electron chi connectivity index (χ2n) is 8.32. The van der Waals surface area contributed by atoms with E-state index >= 15 is 0 Å². The minimum absolute atomic E-state index is 0.0287. The summed E-state index contributed by atoms with van der Waals surface area (Å²) in [6.45, 7) is 9.69. The number of carbonyl (C=O) groups is 2. The number of hydrogen-bond donors (Lipinski definition) is 1. The van der Waals surface area contributed by atoms with Gasteiger partial charge in [-0.1, -0.05) is 48.9 Å². The first-order chi connectivity index (χ1) is 15.5. The normalized spacial score (nSPS) is 14.2. The smallest absolute Gasteiger partial charge is 0.227 e. The van der Waals surface area contributed by atoms with Crippen molar-refractivity contribution in [2.24, 2.45) is 0 Å². The SMILES string of the molecule is CCC(=O)N(Cc1cccc(C)c1)c1ccc(CC(=O)NCCCN2CCOCC2)cc1. The Bertz CT molecular complexity index is 876. The highest BCUT2D eigenvalue weighted by Gasteiger charge is 2.15. The molecule has 0 aliphatic carbocycles. The van der Waals surface area contributed by atoms with Gasteiger partial charge < -0.3 is 15.0 Å². The van der Waals surface area contributed by atoms with Crippen LogP contribution in [-0.4, -0.2) is 56.1 Å². The molecule has 1 heterocycles. The van der Waals surface area contributed by atoms with Crippen LogP contribution in [0, 0.1) is 6.92 Å². The highest BCUT2D eigenvalue weighted by atomic mass is 16.5. The number of carbonyl (C=O) groups excluding carboxylic acids is 2. The predicted molar refractivity (Wildman–Crippen MR) is 128 cm³/mol. The molecule has 1 aliphatic rings. The van der Waals surface area contributed by atoms with Crippen molar-refractivity contribution in [3.8, 4) is 0 Å². The number of nitrogens with one attached hydrogen (secondary N) is 1. The number of ether oxygens (including phenoxy) is 1. The van der Waals surface area contributed by atoms with Crippen LogP contribution in [0.2, 0.25) is 0 Å². The molecular weight excluding hydrogens is 402 g/mol. The van der Waals surface area contributed by atoms with E-state index in [2.05, 4.69) is 29.3 Å². The summed E-state index contributed by atoms with van der Waals surface area (Å²) in [7, 11) is 0. The molecule has 0 aromatic heterocycles. The van der Waals surface area contributed by atoms with Crippen LogP contribution in [0.4, 0.5) is 5.69 Å². The lowest BCUT2D eigenvalue weighted by Gasteiger charge is -2.26. The van der Waals surface area contributed by atoms with Crippen LogP contribution in [-0.2, 0) is 27.3 Å². The molecule has 2 amide bonds. The van der Waals surface area contributed by atoms with Gasteiger partial charge in [-0.3, -0.25) is 14.5 Å². The Morgan fingerprint density at radius 2 is 1.81 bits per heavy atom. The van der Waals surface area contributed by atoms with Crippen molar-refractivity contribution in [1.82, 2.24) is 10.2 Å². The van der Waals surface area contributed by atoms with E-state index < -0.39 is 0 Å². The number of benzene rings is 2. The fraction of sp³-hybridized carbons (Fsp3) is 0.462. The molecule has 0 unspecified atom stereocenters. The zero-order chi connectivity index (χ0) is 22.8. The number of nitrogens with zero attached hydrogens (tertiary/aromatic N) is 2. The number of amides is 2. The van der Waals surface area contributed by atoms with Gasteiger partial charge in [0.1, 0.15) is 0 Å². The van der Waals surface area contributed by atoms with Crippen LogP contribution in [0.3, 0.4) is 0 Å². The summed E-state index contributed by atoms with van der Waals surface area (Å²) in [6.07, 6.45) is 1.73. The van der Waals surface area contributed by atoms with E-state index in [1.807, 2.05) is 48.2 Å². The van der Waals surface area contributed by atoms with E-state index in [1.54, 1.807) is 0 Å². The Kier molecular flexibility index (Phi) is 9.26. The average Bonchev–Trinajstić information content (AvgIpc) is 2.81. The molecule has 2 aromatic rings. The first kappa shape index (κ1) is 24.0. The van der Waals surface area contributed by atoms with Gasteiger partial charge in [-0.25, -0.2) is 0 Å². The van der Waals surface area contributed by atoms with Crippen LogP contribution >= 0.6 is 0 Å². The molecule has 6 nitrogen and oxygen atoms in total. The molecule has 172 valence electrons.